The SMILES string of the molecule is COc1cccc(CN2CC(C(=O)NCCCN3CCCC3=O)CC(c3ccc(F)c(C)c3)C2)c1. The first-order chi connectivity index (χ1) is 16.9. The number of methoxy groups -OCH3 is 1. The van der Waals surface area contributed by atoms with E-state index in [4.69, 9.17) is 4.74 Å². The first-order valence-corrected chi connectivity index (χ1v) is 12.6. The van der Waals surface area contributed by atoms with Crippen LogP contribution in [0.5, 0.6) is 5.75 Å². The zero-order chi connectivity index (χ0) is 24.8. The van der Waals surface area contributed by atoms with Gasteiger partial charge in [0.05, 0.1) is 13.0 Å². The molecule has 0 spiro atoms. The van der Waals surface area contributed by atoms with E-state index in [0.717, 1.165) is 49.2 Å². The molecule has 0 radical (unpaired) electrons. The number of piperidine rings is 1. The van der Waals surface area contributed by atoms with Gasteiger partial charge in [-0.3, -0.25) is 14.5 Å². The minimum atomic E-state index is -0.205. The number of halogens is 1. The number of benzene rings is 2. The second kappa shape index (κ2) is 11.7. The Bertz CT molecular complexity index is 1040. The Morgan fingerprint density at radius 2 is 2.06 bits per heavy atom. The Morgan fingerprint density at radius 3 is 2.80 bits per heavy atom. The van der Waals surface area contributed by atoms with E-state index >= 15 is 0 Å². The van der Waals surface area contributed by atoms with E-state index in [2.05, 4.69) is 16.3 Å². The molecule has 188 valence electrons. The van der Waals surface area contributed by atoms with E-state index in [1.165, 1.54) is 6.07 Å². The van der Waals surface area contributed by atoms with Gasteiger partial charge in [0.2, 0.25) is 11.8 Å². The molecule has 2 aromatic carbocycles. The maximum Gasteiger partial charge on any atom is 0.224 e. The number of aryl methyl sites for hydroxylation is 1. The van der Waals surface area contributed by atoms with E-state index in [9.17, 15) is 14.0 Å². The van der Waals surface area contributed by atoms with Gasteiger partial charge in [-0.2, -0.15) is 0 Å². The summed E-state index contributed by atoms with van der Waals surface area (Å²) in [6.45, 7) is 6.07. The molecule has 2 aromatic rings. The van der Waals surface area contributed by atoms with Crippen molar-refractivity contribution in [1.82, 2.24) is 15.1 Å². The standard InChI is InChI=1S/C28H36FN3O3/c1-20-14-22(9-10-26(20)29)23-16-24(28(34)30-11-5-13-32-12-4-8-27(32)33)19-31(18-23)17-21-6-3-7-25(15-21)35-2/h3,6-7,9-10,14-15,23-24H,4-5,8,11-13,16-19H2,1-2H3,(H,30,34). The zero-order valence-electron chi connectivity index (χ0n) is 20.8. The number of rotatable bonds is 9. The van der Waals surface area contributed by atoms with Crippen LogP contribution in [0.1, 0.15) is 48.3 Å². The normalized spacial score (nSPS) is 20.8. The van der Waals surface area contributed by atoms with Crippen LogP contribution in [0.2, 0.25) is 0 Å². The topological polar surface area (TPSA) is 61.9 Å². The minimum absolute atomic E-state index is 0.0527. The molecule has 2 aliphatic heterocycles. The summed E-state index contributed by atoms with van der Waals surface area (Å²) in [5, 5.41) is 3.10. The molecule has 2 heterocycles. The van der Waals surface area contributed by atoms with Crippen molar-refractivity contribution in [3.8, 4) is 5.75 Å². The number of amides is 2. The molecule has 0 bridgehead atoms. The van der Waals surface area contributed by atoms with Crippen molar-refractivity contribution in [3.05, 3.63) is 65.0 Å². The van der Waals surface area contributed by atoms with Crippen LogP contribution in [0.15, 0.2) is 42.5 Å². The van der Waals surface area contributed by atoms with Gasteiger partial charge in [0, 0.05) is 45.7 Å². The van der Waals surface area contributed by atoms with Crippen LogP contribution in [-0.2, 0) is 16.1 Å². The van der Waals surface area contributed by atoms with Gasteiger partial charge in [-0.05, 0) is 67.0 Å². The number of carbonyl (C=O) groups excluding carboxylic acids is 2. The molecule has 4 rings (SSSR count). The smallest absolute Gasteiger partial charge is 0.224 e. The van der Waals surface area contributed by atoms with Gasteiger partial charge in [-0.1, -0.05) is 24.3 Å². The lowest BCUT2D eigenvalue weighted by atomic mass is 9.83. The molecule has 2 aliphatic rings. The number of ether oxygens (including phenoxy) is 1. The lowest BCUT2D eigenvalue weighted by molar-refractivity contribution is -0.127. The maximum atomic E-state index is 13.9. The molecule has 7 heteroatoms. The van der Waals surface area contributed by atoms with Gasteiger partial charge in [0.15, 0.2) is 0 Å². The lowest BCUT2D eigenvalue weighted by Crippen LogP contribution is -2.45. The summed E-state index contributed by atoms with van der Waals surface area (Å²) >= 11 is 0. The average Bonchev–Trinajstić information content (AvgIpc) is 3.27. The summed E-state index contributed by atoms with van der Waals surface area (Å²) in [4.78, 5) is 29.1. The maximum absolute atomic E-state index is 13.9. The van der Waals surface area contributed by atoms with Gasteiger partial charge in [-0.25, -0.2) is 4.39 Å². The summed E-state index contributed by atoms with van der Waals surface area (Å²) in [7, 11) is 1.66. The Kier molecular flexibility index (Phi) is 8.39. The summed E-state index contributed by atoms with van der Waals surface area (Å²) in [6.07, 6.45) is 3.07. The van der Waals surface area contributed by atoms with Crippen molar-refractivity contribution < 1.29 is 18.7 Å². The van der Waals surface area contributed by atoms with Crippen LogP contribution >= 0.6 is 0 Å². The van der Waals surface area contributed by atoms with Gasteiger partial charge >= 0.3 is 0 Å². The molecule has 2 saturated heterocycles. The summed E-state index contributed by atoms with van der Waals surface area (Å²) in [6, 6.07) is 13.3. The fraction of sp³-hybridized carbons (Fsp3) is 0.500. The number of hydrogen-bond donors (Lipinski definition) is 1. The third kappa shape index (κ3) is 6.60. The molecule has 0 aromatic heterocycles. The Hall–Kier alpha value is -2.93. The Balaban J connectivity index is 1.41. The highest BCUT2D eigenvalue weighted by molar-refractivity contribution is 5.79. The number of nitrogens with zero attached hydrogens (tertiary/aromatic N) is 2. The third-order valence-electron chi connectivity index (χ3n) is 7.17. The summed E-state index contributed by atoms with van der Waals surface area (Å²) in [5.41, 5.74) is 2.84. The van der Waals surface area contributed by atoms with Crippen LogP contribution in [0.3, 0.4) is 0 Å². The number of nitrogens with one attached hydrogen (secondary N) is 1. The molecule has 0 saturated carbocycles. The van der Waals surface area contributed by atoms with Crippen molar-refractivity contribution in [2.45, 2.75) is 45.1 Å². The second-order valence-corrected chi connectivity index (χ2v) is 9.81. The molecule has 35 heavy (non-hydrogen) atoms. The monoisotopic (exact) mass is 481 g/mol. The van der Waals surface area contributed by atoms with Crippen LogP contribution in [0, 0.1) is 18.7 Å². The highest BCUT2D eigenvalue weighted by atomic mass is 19.1. The molecular weight excluding hydrogens is 445 g/mol. The molecule has 6 nitrogen and oxygen atoms in total. The quantitative estimate of drug-likeness (QED) is 0.553. The van der Waals surface area contributed by atoms with E-state index in [1.807, 2.05) is 35.2 Å². The van der Waals surface area contributed by atoms with Crippen LogP contribution < -0.4 is 10.1 Å². The second-order valence-electron chi connectivity index (χ2n) is 9.81. The molecule has 2 fully saturated rings. The highest BCUT2D eigenvalue weighted by Gasteiger charge is 2.32. The molecule has 2 amide bonds. The Morgan fingerprint density at radius 1 is 1.20 bits per heavy atom. The molecule has 1 N–H and O–H groups in total. The predicted octanol–water partition coefficient (Wildman–Crippen LogP) is 3.88. The Labute approximate surface area is 207 Å². The fourth-order valence-electron chi connectivity index (χ4n) is 5.27. The highest BCUT2D eigenvalue weighted by Crippen LogP contribution is 2.32. The van der Waals surface area contributed by atoms with E-state index in [-0.39, 0.29) is 29.5 Å². The molecular formula is C28H36FN3O3. The van der Waals surface area contributed by atoms with Gasteiger partial charge in [0.1, 0.15) is 11.6 Å². The largest absolute Gasteiger partial charge is 0.497 e. The predicted molar refractivity (Wildman–Crippen MR) is 134 cm³/mol. The average molecular weight is 482 g/mol. The van der Waals surface area contributed by atoms with E-state index in [1.54, 1.807) is 14.0 Å². The van der Waals surface area contributed by atoms with Crippen molar-refractivity contribution >= 4 is 11.8 Å². The summed E-state index contributed by atoms with van der Waals surface area (Å²) < 4.78 is 19.3. The number of carbonyl (C=O) groups is 2. The first kappa shape index (κ1) is 25.2. The summed E-state index contributed by atoms with van der Waals surface area (Å²) in [5.74, 6) is 0.871. The molecule has 2 unspecified atom stereocenters. The fourth-order valence-corrected chi connectivity index (χ4v) is 5.27. The third-order valence-corrected chi connectivity index (χ3v) is 7.17. The van der Waals surface area contributed by atoms with E-state index in [0.29, 0.717) is 38.2 Å². The zero-order valence-corrected chi connectivity index (χ0v) is 20.8. The van der Waals surface area contributed by atoms with Gasteiger partial charge in [0.25, 0.3) is 0 Å². The van der Waals surface area contributed by atoms with Crippen molar-refractivity contribution in [3.63, 3.8) is 0 Å². The number of likely N-dealkylation sites (tertiary alicyclic amines) is 2. The number of hydrogen-bond acceptors (Lipinski definition) is 4. The van der Waals surface area contributed by atoms with Crippen molar-refractivity contribution in [1.29, 1.82) is 0 Å². The first-order valence-electron chi connectivity index (χ1n) is 12.6. The molecule has 0 aliphatic carbocycles. The van der Waals surface area contributed by atoms with E-state index < -0.39 is 0 Å². The van der Waals surface area contributed by atoms with Gasteiger partial charge in [-0.15, -0.1) is 0 Å². The van der Waals surface area contributed by atoms with Crippen molar-refractivity contribution in [2.75, 3.05) is 39.8 Å². The van der Waals surface area contributed by atoms with Crippen LogP contribution in [0.25, 0.3) is 0 Å². The van der Waals surface area contributed by atoms with Crippen LogP contribution in [-0.4, -0.2) is 61.4 Å². The van der Waals surface area contributed by atoms with Crippen molar-refractivity contribution in [2.24, 2.45) is 5.92 Å². The van der Waals surface area contributed by atoms with Crippen LogP contribution in [0.4, 0.5) is 4.39 Å². The lowest BCUT2D eigenvalue weighted by Gasteiger charge is -2.37. The minimum Gasteiger partial charge on any atom is -0.497 e. The van der Waals surface area contributed by atoms with Gasteiger partial charge < -0.3 is 15.0 Å². The molecule has 2 atom stereocenters.